The lowest BCUT2D eigenvalue weighted by Gasteiger charge is -2.19. The van der Waals surface area contributed by atoms with Crippen LogP contribution in [0.4, 0.5) is 5.69 Å². The Hall–Kier alpha value is -2.18. The molecule has 2 aromatic carbocycles. The van der Waals surface area contributed by atoms with E-state index in [1.54, 1.807) is 24.3 Å². The molecule has 2 aromatic rings. The quantitative estimate of drug-likeness (QED) is 0.661. The molecule has 6 heteroatoms. The van der Waals surface area contributed by atoms with E-state index >= 15 is 0 Å². The molecule has 25 heavy (non-hydrogen) atoms. The zero-order valence-electron chi connectivity index (χ0n) is 14.3. The minimum atomic E-state index is -0.486. The highest BCUT2D eigenvalue weighted by atomic mass is 79.9. The Morgan fingerprint density at radius 2 is 1.72 bits per heavy atom. The van der Waals surface area contributed by atoms with Gasteiger partial charge in [0.05, 0.1) is 0 Å². The number of halogens is 1. The lowest BCUT2D eigenvalue weighted by atomic mass is 10.0. The maximum Gasteiger partial charge on any atom is 0.282 e. The van der Waals surface area contributed by atoms with E-state index in [9.17, 15) is 9.59 Å². The molecule has 2 amide bonds. The van der Waals surface area contributed by atoms with Gasteiger partial charge < -0.3 is 16.4 Å². The molecule has 5 N–H and O–H groups in total. The number of amides is 2. The van der Waals surface area contributed by atoms with Crippen molar-refractivity contribution in [1.82, 2.24) is 0 Å². The van der Waals surface area contributed by atoms with Crippen LogP contribution in [0.3, 0.4) is 0 Å². The summed E-state index contributed by atoms with van der Waals surface area (Å²) in [4.78, 5) is 23.5. The first-order valence-electron chi connectivity index (χ1n) is 8.22. The number of primary amides is 1. The Labute approximate surface area is 156 Å². The van der Waals surface area contributed by atoms with Crippen molar-refractivity contribution in [2.75, 3.05) is 5.32 Å². The summed E-state index contributed by atoms with van der Waals surface area (Å²) in [6.07, 6.45) is 0.923. The standard InChI is InChI=1S/C19H22BrN3O2/c1-3-17(13-4-8-15(20)9-5-13)22-12(2)19(25)23-16-10-6-14(7-11-16)18(21)24/h4-12,17,22H,3H2,1-2H3,(H2,21,24)(H,23,25)/p+1/t12-,17+/m0/s1. The van der Waals surface area contributed by atoms with Crippen LogP contribution in [0, 0.1) is 0 Å². The fourth-order valence-electron chi connectivity index (χ4n) is 2.60. The number of anilines is 1. The molecule has 0 aliphatic rings. The number of quaternary nitrogens is 1. The van der Waals surface area contributed by atoms with Crippen LogP contribution in [-0.4, -0.2) is 17.9 Å². The Kier molecular flexibility index (Phi) is 6.73. The van der Waals surface area contributed by atoms with Gasteiger partial charge in [-0.1, -0.05) is 35.0 Å². The van der Waals surface area contributed by atoms with Gasteiger partial charge in [0, 0.05) is 27.7 Å². The third-order valence-electron chi connectivity index (χ3n) is 4.11. The van der Waals surface area contributed by atoms with E-state index in [1.807, 2.05) is 19.1 Å². The predicted octanol–water partition coefficient (Wildman–Crippen LogP) is 2.59. The molecule has 0 fully saturated rings. The van der Waals surface area contributed by atoms with E-state index < -0.39 is 5.91 Å². The van der Waals surface area contributed by atoms with E-state index in [0.717, 1.165) is 10.9 Å². The number of nitrogens with one attached hydrogen (secondary N) is 1. The van der Waals surface area contributed by atoms with Crippen molar-refractivity contribution in [3.8, 4) is 0 Å². The molecule has 0 saturated carbocycles. The van der Waals surface area contributed by atoms with E-state index in [-0.39, 0.29) is 18.0 Å². The molecule has 0 saturated heterocycles. The van der Waals surface area contributed by atoms with Crippen molar-refractivity contribution < 1.29 is 14.9 Å². The summed E-state index contributed by atoms with van der Waals surface area (Å²) in [6.45, 7) is 3.99. The number of benzene rings is 2. The lowest BCUT2D eigenvalue weighted by Crippen LogP contribution is -2.92. The zero-order valence-corrected chi connectivity index (χ0v) is 15.9. The highest BCUT2D eigenvalue weighted by Gasteiger charge is 2.22. The van der Waals surface area contributed by atoms with Gasteiger partial charge in [-0.25, -0.2) is 0 Å². The first-order valence-corrected chi connectivity index (χ1v) is 9.01. The average Bonchev–Trinajstić information content (AvgIpc) is 2.60. The van der Waals surface area contributed by atoms with Crippen LogP contribution in [-0.2, 0) is 4.79 Å². The molecule has 0 spiro atoms. The topological polar surface area (TPSA) is 88.8 Å². The SMILES string of the molecule is CC[C@@H]([NH2+][C@@H](C)C(=O)Nc1ccc(C(N)=O)cc1)c1ccc(Br)cc1. The van der Waals surface area contributed by atoms with Crippen LogP contribution >= 0.6 is 15.9 Å². The summed E-state index contributed by atoms with van der Waals surface area (Å²) >= 11 is 3.44. The molecule has 0 aliphatic carbocycles. The normalized spacial score (nSPS) is 13.1. The Morgan fingerprint density at radius 3 is 2.24 bits per heavy atom. The lowest BCUT2D eigenvalue weighted by molar-refractivity contribution is -0.713. The van der Waals surface area contributed by atoms with Crippen LogP contribution in [0.25, 0.3) is 0 Å². The molecule has 0 radical (unpaired) electrons. The number of carbonyl (C=O) groups excluding carboxylic acids is 2. The smallest absolute Gasteiger partial charge is 0.282 e. The molecule has 2 rings (SSSR count). The van der Waals surface area contributed by atoms with Crippen molar-refractivity contribution in [3.05, 3.63) is 64.1 Å². The van der Waals surface area contributed by atoms with Crippen molar-refractivity contribution in [3.63, 3.8) is 0 Å². The van der Waals surface area contributed by atoms with Crippen LogP contribution < -0.4 is 16.4 Å². The van der Waals surface area contributed by atoms with Gasteiger partial charge in [-0.3, -0.25) is 9.59 Å². The molecule has 132 valence electrons. The highest BCUT2D eigenvalue weighted by molar-refractivity contribution is 9.10. The highest BCUT2D eigenvalue weighted by Crippen LogP contribution is 2.17. The minimum Gasteiger partial charge on any atom is -0.366 e. The summed E-state index contributed by atoms with van der Waals surface area (Å²) in [5.41, 5.74) is 7.47. The molecular formula is C19H23BrN3O2+. The number of hydrogen-bond acceptors (Lipinski definition) is 2. The maximum absolute atomic E-state index is 12.4. The van der Waals surface area contributed by atoms with Gasteiger partial charge in [0.25, 0.3) is 5.91 Å². The first-order chi connectivity index (χ1) is 11.9. The number of carbonyl (C=O) groups is 2. The molecule has 0 aromatic heterocycles. The third-order valence-corrected chi connectivity index (χ3v) is 4.64. The van der Waals surface area contributed by atoms with Crippen molar-refractivity contribution in [1.29, 1.82) is 0 Å². The second-order valence-electron chi connectivity index (χ2n) is 5.98. The summed E-state index contributed by atoms with van der Waals surface area (Å²) in [5, 5.41) is 4.93. The maximum atomic E-state index is 12.4. The van der Waals surface area contributed by atoms with Gasteiger partial charge in [0.2, 0.25) is 5.91 Å². The summed E-state index contributed by atoms with van der Waals surface area (Å²) in [7, 11) is 0. The molecule has 5 nitrogen and oxygen atoms in total. The Balaban J connectivity index is 1.98. The second kappa shape index (κ2) is 8.78. The van der Waals surface area contributed by atoms with Gasteiger partial charge in [-0.05, 0) is 43.3 Å². The van der Waals surface area contributed by atoms with E-state index in [1.165, 1.54) is 5.56 Å². The molecule has 0 heterocycles. The van der Waals surface area contributed by atoms with Crippen LogP contribution in [0.2, 0.25) is 0 Å². The fourth-order valence-corrected chi connectivity index (χ4v) is 2.87. The number of rotatable bonds is 7. The van der Waals surface area contributed by atoms with Gasteiger partial charge in [-0.2, -0.15) is 0 Å². The van der Waals surface area contributed by atoms with Crippen molar-refractivity contribution in [2.45, 2.75) is 32.4 Å². The summed E-state index contributed by atoms with van der Waals surface area (Å²) in [6, 6.07) is 14.7. The summed E-state index contributed by atoms with van der Waals surface area (Å²) < 4.78 is 1.04. The Morgan fingerprint density at radius 1 is 1.12 bits per heavy atom. The van der Waals surface area contributed by atoms with Crippen LogP contribution in [0.5, 0.6) is 0 Å². The van der Waals surface area contributed by atoms with Gasteiger partial charge in [0.1, 0.15) is 6.04 Å². The van der Waals surface area contributed by atoms with Gasteiger partial charge in [0.15, 0.2) is 6.04 Å². The molecule has 0 unspecified atom stereocenters. The molecule has 0 aliphatic heterocycles. The Bertz CT molecular complexity index is 729. The molecular weight excluding hydrogens is 382 g/mol. The fraction of sp³-hybridized carbons (Fsp3) is 0.263. The minimum absolute atomic E-state index is 0.0811. The van der Waals surface area contributed by atoms with Gasteiger partial charge >= 0.3 is 0 Å². The van der Waals surface area contributed by atoms with E-state index in [4.69, 9.17) is 5.73 Å². The van der Waals surface area contributed by atoms with Crippen molar-refractivity contribution >= 4 is 33.4 Å². The van der Waals surface area contributed by atoms with Gasteiger partial charge in [-0.15, -0.1) is 0 Å². The largest absolute Gasteiger partial charge is 0.366 e. The van der Waals surface area contributed by atoms with Crippen LogP contribution in [0.1, 0.15) is 42.2 Å². The first kappa shape index (κ1) is 19.1. The van der Waals surface area contributed by atoms with Crippen LogP contribution in [0.15, 0.2) is 53.0 Å². The number of nitrogens with two attached hydrogens (primary N) is 2. The summed E-state index contributed by atoms with van der Waals surface area (Å²) in [5.74, 6) is -0.567. The van der Waals surface area contributed by atoms with E-state index in [2.05, 4.69) is 45.6 Å². The number of hydrogen-bond donors (Lipinski definition) is 3. The molecule has 2 atom stereocenters. The van der Waals surface area contributed by atoms with Crippen molar-refractivity contribution in [2.24, 2.45) is 5.73 Å². The average molecular weight is 405 g/mol. The third kappa shape index (κ3) is 5.41. The molecule has 0 bridgehead atoms. The zero-order chi connectivity index (χ0) is 18.4. The monoisotopic (exact) mass is 404 g/mol. The van der Waals surface area contributed by atoms with E-state index in [0.29, 0.717) is 11.3 Å². The second-order valence-corrected chi connectivity index (χ2v) is 6.89. The predicted molar refractivity (Wildman–Crippen MR) is 102 cm³/mol.